The molecule has 7 nitrogen and oxygen atoms in total. The SMILES string of the molecule is CCc1ccc(NC(=O)c2cc3ccccc3o/c2=N\NS(=O)(=O)c2ccc(C)cc2)cc1. The molecule has 3 aromatic carbocycles. The van der Waals surface area contributed by atoms with Crippen LogP contribution in [0.2, 0.25) is 0 Å². The lowest BCUT2D eigenvalue weighted by atomic mass is 10.1. The van der Waals surface area contributed by atoms with Gasteiger partial charge in [-0.2, -0.15) is 13.2 Å². The molecule has 0 aliphatic heterocycles. The molecule has 0 spiro atoms. The molecule has 33 heavy (non-hydrogen) atoms. The van der Waals surface area contributed by atoms with Gasteiger partial charge in [0.25, 0.3) is 15.9 Å². The van der Waals surface area contributed by atoms with Crippen molar-refractivity contribution in [1.29, 1.82) is 0 Å². The zero-order chi connectivity index (χ0) is 23.4. The number of sulfonamides is 1. The van der Waals surface area contributed by atoms with Crippen LogP contribution in [0, 0.1) is 6.92 Å². The maximum Gasteiger partial charge on any atom is 0.276 e. The molecule has 2 N–H and O–H groups in total. The van der Waals surface area contributed by atoms with E-state index >= 15 is 0 Å². The third-order valence-electron chi connectivity index (χ3n) is 5.12. The van der Waals surface area contributed by atoms with Crippen molar-refractivity contribution < 1.29 is 17.6 Å². The summed E-state index contributed by atoms with van der Waals surface area (Å²) >= 11 is 0. The van der Waals surface area contributed by atoms with Crippen LogP contribution in [0.1, 0.15) is 28.4 Å². The molecule has 0 unspecified atom stereocenters. The molecular weight excluding hydrogens is 438 g/mol. The van der Waals surface area contributed by atoms with Gasteiger partial charge in [-0.05, 0) is 55.3 Å². The molecule has 0 aliphatic rings. The van der Waals surface area contributed by atoms with Gasteiger partial charge < -0.3 is 9.73 Å². The van der Waals surface area contributed by atoms with Crippen LogP contribution in [0.25, 0.3) is 11.0 Å². The van der Waals surface area contributed by atoms with E-state index < -0.39 is 15.9 Å². The summed E-state index contributed by atoms with van der Waals surface area (Å²) in [5, 5.41) is 7.45. The van der Waals surface area contributed by atoms with E-state index in [1.807, 2.05) is 37.3 Å². The number of nitrogens with one attached hydrogen (secondary N) is 2. The molecule has 0 bridgehead atoms. The molecule has 1 heterocycles. The summed E-state index contributed by atoms with van der Waals surface area (Å²) in [6.07, 6.45) is 0.891. The van der Waals surface area contributed by atoms with Gasteiger partial charge in [-0.25, -0.2) is 0 Å². The average molecular weight is 462 g/mol. The lowest BCUT2D eigenvalue weighted by molar-refractivity contribution is 0.102. The highest BCUT2D eigenvalue weighted by Gasteiger charge is 2.16. The second-order valence-corrected chi connectivity index (χ2v) is 9.19. The minimum absolute atomic E-state index is 0.0552. The van der Waals surface area contributed by atoms with E-state index in [4.69, 9.17) is 4.42 Å². The summed E-state index contributed by atoms with van der Waals surface area (Å²) in [7, 11) is -3.95. The van der Waals surface area contributed by atoms with Gasteiger partial charge in [0.15, 0.2) is 0 Å². The van der Waals surface area contributed by atoms with Gasteiger partial charge >= 0.3 is 0 Å². The Bertz CT molecular complexity index is 1470. The Morgan fingerprint density at radius 3 is 2.36 bits per heavy atom. The van der Waals surface area contributed by atoms with Crippen LogP contribution in [0.5, 0.6) is 0 Å². The van der Waals surface area contributed by atoms with Crippen LogP contribution < -0.4 is 15.7 Å². The third kappa shape index (κ3) is 5.12. The monoisotopic (exact) mass is 461 g/mol. The van der Waals surface area contributed by atoms with E-state index in [-0.39, 0.29) is 16.0 Å². The molecule has 0 radical (unpaired) electrons. The largest absolute Gasteiger partial charge is 0.436 e. The second-order valence-electron chi connectivity index (χ2n) is 7.53. The number of nitrogens with zero attached hydrogens (tertiary/aromatic N) is 1. The fourth-order valence-electron chi connectivity index (χ4n) is 3.21. The second kappa shape index (κ2) is 9.30. The number of carbonyl (C=O) groups is 1. The Balaban J connectivity index is 1.72. The molecule has 4 aromatic rings. The predicted molar refractivity (Wildman–Crippen MR) is 127 cm³/mol. The zero-order valence-corrected chi connectivity index (χ0v) is 19.0. The summed E-state index contributed by atoms with van der Waals surface area (Å²) in [5.41, 5.74) is 3.11. The highest BCUT2D eigenvalue weighted by molar-refractivity contribution is 7.89. The summed E-state index contributed by atoms with van der Waals surface area (Å²) in [6.45, 7) is 3.92. The number of aryl methyl sites for hydroxylation is 2. The van der Waals surface area contributed by atoms with Crippen molar-refractivity contribution in [3.05, 3.63) is 101 Å². The van der Waals surface area contributed by atoms with E-state index in [0.717, 1.165) is 17.5 Å². The van der Waals surface area contributed by atoms with Crippen molar-refractivity contribution in [3.63, 3.8) is 0 Å². The molecule has 1 amide bonds. The van der Waals surface area contributed by atoms with E-state index in [9.17, 15) is 13.2 Å². The first-order valence-corrected chi connectivity index (χ1v) is 11.9. The summed E-state index contributed by atoms with van der Waals surface area (Å²) in [5.74, 6) is -0.470. The van der Waals surface area contributed by atoms with Crippen molar-refractivity contribution >= 4 is 32.6 Å². The first kappa shape index (κ1) is 22.3. The van der Waals surface area contributed by atoms with Gasteiger partial charge in [-0.15, -0.1) is 5.10 Å². The number of benzene rings is 3. The van der Waals surface area contributed by atoms with Crippen molar-refractivity contribution in [1.82, 2.24) is 4.83 Å². The fourth-order valence-corrected chi connectivity index (χ4v) is 4.01. The third-order valence-corrected chi connectivity index (χ3v) is 6.34. The number of fused-ring (bicyclic) bond motifs is 1. The van der Waals surface area contributed by atoms with Crippen molar-refractivity contribution in [3.8, 4) is 0 Å². The van der Waals surface area contributed by atoms with Crippen molar-refractivity contribution in [2.75, 3.05) is 5.32 Å². The maximum absolute atomic E-state index is 13.1. The number of rotatable bonds is 6. The number of para-hydroxylation sites is 1. The first-order valence-electron chi connectivity index (χ1n) is 10.4. The lowest BCUT2D eigenvalue weighted by Gasteiger charge is -2.08. The fraction of sp³-hybridized carbons (Fsp3) is 0.120. The first-order chi connectivity index (χ1) is 15.9. The van der Waals surface area contributed by atoms with Gasteiger partial charge in [-0.1, -0.05) is 55.0 Å². The Kier molecular flexibility index (Phi) is 6.28. The molecule has 4 rings (SSSR count). The Morgan fingerprint density at radius 2 is 1.67 bits per heavy atom. The summed E-state index contributed by atoms with van der Waals surface area (Å²) < 4.78 is 31.1. The molecular formula is C25H23N3O4S. The minimum Gasteiger partial charge on any atom is -0.436 e. The normalized spacial score (nSPS) is 12.0. The average Bonchev–Trinajstić information content (AvgIpc) is 2.83. The number of anilines is 1. The van der Waals surface area contributed by atoms with Gasteiger partial charge in [0.05, 0.1) is 4.90 Å². The molecule has 0 aliphatic carbocycles. The van der Waals surface area contributed by atoms with Crippen LogP contribution in [-0.4, -0.2) is 14.3 Å². The predicted octanol–water partition coefficient (Wildman–Crippen LogP) is 4.35. The molecule has 0 fully saturated rings. The van der Waals surface area contributed by atoms with E-state index in [2.05, 4.69) is 22.2 Å². The summed E-state index contributed by atoms with van der Waals surface area (Å²) in [4.78, 5) is 15.3. The van der Waals surface area contributed by atoms with E-state index in [1.165, 1.54) is 12.1 Å². The zero-order valence-electron chi connectivity index (χ0n) is 18.2. The number of hydrogen-bond acceptors (Lipinski definition) is 5. The Labute approximate surface area is 191 Å². The van der Waals surface area contributed by atoms with Gasteiger partial charge in [0.2, 0.25) is 5.55 Å². The van der Waals surface area contributed by atoms with Crippen molar-refractivity contribution in [2.24, 2.45) is 5.10 Å². The van der Waals surface area contributed by atoms with Crippen LogP contribution in [0.4, 0.5) is 5.69 Å². The van der Waals surface area contributed by atoms with Crippen LogP contribution in [0.15, 0.2) is 93.3 Å². The van der Waals surface area contributed by atoms with Gasteiger partial charge in [0.1, 0.15) is 11.1 Å². The number of carbonyl (C=O) groups excluding carboxylic acids is 1. The molecule has 1 aromatic heterocycles. The van der Waals surface area contributed by atoms with Crippen LogP contribution >= 0.6 is 0 Å². The summed E-state index contributed by atoms with van der Waals surface area (Å²) in [6, 6.07) is 22.6. The van der Waals surface area contributed by atoms with E-state index in [1.54, 1.807) is 36.4 Å². The molecule has 0 saturated carbocycles. The van der Waals surface area contributed by atoms with Gasteiger partial charge in [0, 0.05) is 11.1 Å². The number of amides is 1. The van der Waals surface area contributed by atoms with Crippen LogP contribution in [0.3, 0.4) is 0 Å². The van der Waals surface area contributed by atoms with Crippen LogP contribution in [-0.2, 0) is 16.4 Å². The maximum atomic E-state index is 13.1. The molecule has 0 atom stereocenters. The highest BCUT2D eigenvalue weighted by atomic mass is 32.2. The topological polar surface area (TPSA) is 101 Å². The Morgan fingerprint density at radius 1 is 0.970 bits per heavy atom. The standard InChI is InChI=1S/C25H23N3O4S/c1-3-18-10-12-20(13-11-18)26-24(29)22-16-19-6-4-5-7-23(19)32-25(22)27-28-33(30,31)21-14-8-17(2)9-15-21/h4-16,28H,3H2,1-2H3,(H,26,29)/b27-25-. The highest BCUT2D eigenvalue weighted by Crippen LogP contribution is 2.16. The molecule has 0 saturated heterocycles. The van der Waals surface area contributed by atoms with Crippen molar-refractivity contribution in [2.45, 2.75) is 25.2 Å². The Hall–Kier alpha value is -3.91. The lowest BCUT2D eigenvalue weighted by Crippen LogP contribution is -2.27. The molecule has 168 valence electrons. The smallest absolute Gasteiger partial charge is 0.276 e. The number of hydrogen-bond donors (Lipinski definition) is 2. The minimum atomic E-state index is -3.95. The quantitative estimate of drug-likeness (QED) is 0.417. The molecule has 8 heteroatoms. The van der Waals surface area contributed by atoms with E-state index in [0.29, 0.717) is 16.7 Å². The van der Waals surface area contributed by atoms with Gasteiger partial charge in [-0.3, -0.25) is 4.79 Å².